The van der Waals surface area contributed by atoms with Gasteiger partial charge in [-0.2, -0.15) is 0 Å². The van der Waals surface area contributed by atoms with Crippen LogP contribution < -0.4 is 5.32 Å². The van der Waals surface area contributed by atoms with Crippen LogP contribution >= 0.6 is 11.3 Å². The minimum atomic E-state index is -0.461. The van der Waals surface area contributed by atoms with Crippen LogP contribution in [0.2, 0.25) is 0 Å². The highest BCUT2D eigenvalue weighted by Gasteiger charge is 2.36. The summed E-state index contributed by atoms with van der Waals surface area (Å²) in [7, 11) is 0. The predicted molar refractivity (Wildman–Crippen MR) is 80.4 cm³/mol. The topological polar surface area (TPSA) is 32.3 Å². The molecule has 2 aliphatic rings. The van der Waals surface area contributed by atoms with Gasteiger partial charge in [-0.25, -0.2) is 0 Å². The lowest BCUT2D eigenvalue weighted by atomic mass is 9.79. The third-order valence-corrected chi connectivity index (χ3v) is 5.75. The lowest BCUT2D eigenvalue weighted by Crippen LogP contribution is -2.44. The van der Waals surface area contributed by atoms with Gasteiger partial charge in [-0.1, -0.05) is 13.0 Å². The van der Waals surface area contributed by atoms with Crippen molar-refractivity contribution in [1.82, 2.24) is 5.32 Å². The van der Waals surface area contributed by atoms with Crippen molar-refractivity contribution >= 4 is 11.3 Å². The van der Waals surface area contributed by atoms with Crippen molar-refractivity contribution in [2.24, 2.45) is 11.8 Å². The normalized spacial score (nSPS) is 33.3. The van der Waals surface area contributed by atoms with Crippen LogP contribution in [0.3, 0.4) is 0 Å². The van der Waals surface area contributed by atoms with E-state index >= 15 is 0 Å². The summed E-state index contributed by atoms with van der Waals surface area (Å²) in [5, 5.41) is 16.5. The molecule has 0 aliphatic heterocycles. The molecule has 1 aromatic heterocycles. The monoisotopic (exact) mass is 279 g/mol. The van der Waals surface area contributed by atoms with E-state index in [0.29, 0.717) is 6.04 Å². The van der Waals surface area contributed by atoms with Crippen LogP contribution in [0.25, 0.3) is 0 Å². The fraction of sp³-hybridized carbons (Fsp3) is 0.750. The van der Waals surface area contributed by atoms with Crippen molar-refractivity contribution in [2.45, 2.75) is 57.1 Å². The molecule has 2 saturated carbocycles. The first-order chi connectivity index (χ1) is 9.16. The molecule has 1 atom stereocenters. The molecule has 1 unspecified atom stereocenters. The van der Waals surface area contributed by atoms with Crippen molar-refractivity contribution in [1.29, 1.82) is 0 Å². The predicted octanol–water partition coefficient (Wildman–Crippen LogP) is 3.73. The van der Waals surface area contributed by atoms with Crippen molar-refractivity contribution in [3.63, 3.8) is 0 Å². The second-order valence-corrected chi connectivity index (χ2v) is 7.60. The standard InChI is InChI=1S/C16H25NOS/c1-12-6-8-16(18,9-7-12)11-17-15(13-4-5-13)14-3-2-10-19-14/h2-3,10,12-13,15,17-18H,4-9,11H2,1H3. The lowest BCUT2D eigenvalue weighted by Gasteiger charge is -2.36. The zero-order valence-corrected chi connectivity index (χ0v) is 12.6. The van der Waals surface area contributed by atoms with Gasteiger partial charge in [0.2, 0.25) is 0 Å². The van der Waals surface area contributed by atoms with Crippen LogP contribution in [0.1, 0.15) is 56.4 Å². The third kappa shape index (κ3) is 3.39. The zero-order chi connectivity index (χ0) is 13.3. The van der Waals surface area contributed by atoms with Gasteiger partial charge in [0.25, 0.3) is 0 Å². The number of aliphatic hydroxyl groups is 1. The van der Waals surface area contributed by atoms with Crippen LogP contribution in [-0.4, -0.2) is 17.3 Å². The number of rotatable bonds is 5. The van der Waals surface area contributed by atoms with E-state index in [1.165, 1.54) is 30.6 Å². The van der Waals surface area contributed by atoms with Crippen LogP contribution in [-0.2, 0) is 0 Å². The summed E-state index contributed by atoms with van der Waals surface area (Å²) < 4.78 is 0. The molecule has 1 heterocycles. The maximum atomic E-state index is 10.7. The molecule has 2 aliphatic carbocycles. The Morgan fingerprint density at radius 2 is 2.11 bits per heavy atom. The Bertz CT molecular complexity index is 391. The highest BCUT2D eigenvalue weighted by atomic mass is 32.1. The Morgan fingerprint density at radius 3 is 2.68 bits per heavy atom. The molecule has 3 heteroatoms. The Balaban J connectivity index is 1.58. The van der Waals surface area contributed by atoms with Crippen LogP contribution in [0.5, 0.6) is 0 Å². The Morgan fingerprint density at radius 1 is 1.37 bits per heavy atom. The molecule has 1 aromatic rings. The first-order valence-corrected chi connectivity index (χ1v) is 8.53. The molecule has 3 rings (SSSR count). The van der Waals surface area contributed by atoms with Crippen LogP contribution in [0.4, 0.5) is 0 Å². The van der Waals surface area contributed by atoms with E-state index in [9.17, 15) is 5.11 Å². The largest absolute Gasteiger partial charge is 0.389 e. The van der Waals surface area contributed by atoms with Crippen LogP contribution in [0, 0.1) is 11.8 Å². The van der Waals surface area contributed by atoms with Gasteiger partial charge in [0, 0.05) is 17.5 Å². The van der Waals surface area contributed by atoms with E-state index in [1.54, 1.807) is 0 Å². The van der Waals surface area contributed by atoms with E-state index in [1.807, 2.05) is 11.3 Å². The minimum absolute atomic E-state index is 0.461. The van der Waals surface area contributed by atoms with Crippen LogP contribution in [0.15, 0.2) is 17.5 Å². The van der Waals surface area contributed by atoms with E-state index in [2.05, 4.69) is 29.8 Å². The maximum Gasteiger partial charge on any atom is 0.0772 e. The van der Waals surface area contributed by atoms with E-state index < -0.39 is 5.60 Å². The van der Waals surface area contributed by atoms with Gasteiger partial charge in [0.1, 0.15) is 0 Å². The number of hydrogen-bond acceptors (Lipinski definition) is 3. The number of thiophene rings is 1. The minimum Gasteiger partial charge on any atom is -0.389 e. The summed E-state index contributed by atoms with van der Waals surface area (Å²) >= 11 is 1.84. The molecule has 2 N–H and O–H groups in total. The molecule has 2 fully saturated rings. The Kier molecular flexibility index (Phi) is 3.97. The van der Waals surface area contributed by atoms with Gasteiger partial charge >= 0.3 is 0 Å². The average molecular weight is 279 g/mol. The summed E-state index contributed by atoms with van der Waals surface area (Å²) in [4.78, 5) is 1.44. The summed E-state index contributed by atoms with van der Waals surface area (Å²) in [6.45, 7) is 3.06. The zero-order valence-electron chi connectivity index (χ0n) is 11.8. The molecular weight excluding hydrogens is 254 g/mol. The fourth-order valence-corrected chi connectivity index (χ4v) is 4.07. The number of hydrogen-bond donors (Lipinski definition) is 2. The average Bonchev–Trinajstić information content (AvgIpc) is 3.09. The van der Waals surface area contributed by atoms with Crippen molar-refractivity contribution in [2.75, 3.05) is 6.54 Å². The molecule has 2 nitrogen and oxygen atoms in total. The van der Waals surface area contributed by atoms with Gasteiger partial charge in [-0.15, -0.1) is 11.3 Å². The van der Waals surface area contributed by atoms with Gasteiger partial charge in [0.15, 0.2) is 0 Å². The quantitative estimate of drug-likeness (QED) is 0.861. The highest BCUT2D eigenvalue weighted by molar-refractivity contribution is 7.10. The van der Waals surface area contributed by atoms with Crippen molar-refractivity contribution in [3.8, 4) is 0 Å². The van der Waals surface area contributed by atoms with E-state index in [0.717, 1.165) is 31.2 Å². The van der Waals surface area contributed by atoms with Gasteiger partial charge < -0.3 is 10.4 Å². The first kappa shape index (κ1) is 13.6. The summed E-state index contributed by atoms with van der Waals surface area (Å²) in [5.41, 5.74) is -0.461. The smallest absolute Gasteiger partial charge is 0.0772 e. The SMILES string of the molecule is CC1CCC(O)(CNC(c2cccs2)C2CC2)CC1. The highest BCUT2D eigenvalue weighted by Crippen LogP contribution is 2.43. The maximum absolute atomic E-state index is 10.7. The summed E-state index contributed by atoms with van der Waals surface area (Å²) in [6.07, 6.45) is 6.94. The lowest BCUT2D eigenvalue weighted by molar-refractivity contribution is -0.00865. The molecule has 19 heavy (non-hydrogen) atoms. The molecular formula is C16H25NOS. The fourth-order valence-electron chi connectivity index (χ4n) is 3.17. The van der Waals surface area contributed by atoms with Crippen molar-refractivity contribution in [3.05, 3.63) is 22.4 Å². The summed E-state index contributed by atoms with van der Waals surface area (Å²) in [6, 6.07) is 4.84. The van der Waals surface area contributed by atoms with Gasteiger partial charge in [-0.3, -0.25) is 0 Å². The van der Waals surface area contributed by atoms with Gasteiger partial charge in [0.05, 0.1) is 5.60 Å². The second-order valence-electron chi connectivity index (χ2n) is 6.62. The van der Waals surface area contributed by atoms with Crippen molar-refractivity contribution < 1.29 is 5.11 Å². The molecule has 0 bridgehead atoms. The van der Waals surface area contributed by atoms with Gasteiger partial charge in [-0.05, 0) is 61.8 Å². The Labute approximate surface area is 120 Å². The molecule has 0 radical (unpaired) electrons. The number of nitrogens with one attached hydrogen (secondary N) is 1. The summed E-state index contributed by atoms with van der Waals surface area (Å²) in [5.74, 6) is 1.58. The molecule has 0 aromatic carbocycles. The Hall–Kier alpha value is -0.380. The second kappa shape index (κ2) is 5.55. The molecule has 0 amide bonds. The molecule has 0 saturated heterocycles. The third-order valence-electron chi connectivity index (χ3n) is 4.80. The van der Waals surface area contributed by atoms with E-state index in [4.69, 9.17) is 0 Å². The first-order valence-electron chi connectivity index (χ1n) is 7.65. The molecule has 0 spiro atoms. The van der Waals surface area contributed by atoms with E-state index in [-0.39, 0.29) is 0 Å². The molecule has 106 valence electrons.